The quantitative estimate of drug-likeness (QED) is 0.153. The van der Waals surface area contributed by atoms with Gasteiger partial charge in [-0.3, -0.25) is 0 Å². The second-order valence-corrected chi connectivity index (χ2v) is 22.0. The van der Waals surface area contributed by atoms with E-state index in [1.54, 1.807) is 0 Å². The van der Waals surface area contributed by atoms with Gasteiger partial charge in [-0.1, -0.05) is 0 Å². The molecular weight excluding hydrogens is 685 g/mol. The van der Waals surface area contributed by atoms with Crippen LogP contribution in [0.3, 0.4) is 0 Å². The fourth-order valence-electron chi connectivity index (χ4n) is 5.83. The van der Waals surface area contributed by atoms with E-state index in [0.717, 1.165) is 0 Å². The van der Waals surface area contributed by atoms with Crippen molar-refractivity contribution >= 4 is 79.2 Å². The molecule has 0 atom stereocenters. The first-order valence-corrected chi connectivity index (χ1v) is 22.2. The zero-order valence-electron chi connectivity index (χ0n) is 24.9. The van der Waals surface area contributed by atoms with Crippen LogP contribution in [-0.2, 0) is 0 Å². The summed E-state index contributed by atoms with van der Waals surface area (Å²) in [6.07, 6.45) is 0. The Bertz CT molecular complexity index is 1740. The molecule has 0 heterocycles. The number of benzene rings is 7. The Morgan fingerprint density at radius 3 is 0.867 bits per heavy atom. The van der Waals surface area contributed by atoms with Crippen molar-refractivity contribution in [2.45, 2.75) is 0 Å². The van der Waals surface area contributed by atoms with Crippen molar-refractivity contribution in [1.29, 1.82) is 0 Å². The van der Waals surface area contributed by atoms with Gasteiger partial charge in [-0.25, -0.2) is 0 Å². The predicted molar refractivity (Wildman–Crippen MR) is 200 cm³/mol. The third kappa shape index (κ3) is 6.57. The fourth-order valence-corrected chi connectivity index (χ4v) is 20.3. The van der Waals surface area contributed by atoms with Gasteiger partial charge in [0.25, 0.3) is 0 Å². The van der Waals surface area contributed by atoms with Gasteiger partial charge in [0.1, 0.15) is 0 Å². The summed E-state index contributed by atoms with van der Waals surface area (Å²) in [7, 11) is -0.841. The van der Waals surface area contributed by atoms with Gasteiger partial charge >= 0.3 is 279 Å². The maximum atomic E-state index is 2.43. The molecule has 0 aliphatic rings. The first-order valence-electron chi connectivity index (χ1n) is 15.2. The summed E-state index contributed by atoms with van der Waals surface area (Å²) in [5, 5.41) is 4.36. The topological polar surface area (TPSA) is 0 Å². The Labute approximate surface area is 277 Å². The molecular formula is C42H33As2P. The minimum absolute atomic E-state index is 0.841. The van der Waals surface area contributed by atoms with Gasteiger partial charge < -0.3 is 0 Å². The van der Waals surface area contributed by atoms with Gasteiger partial charge in [0, 0.05) is 0 Å². The zero-order valence-corrected chi connectivity index (χ0v) is 29.5. The van der Waals surface area contributed by atoms with E-state index in [9.17, 15) is 0 Å². The predicted octanol–water partition coefficient (Wildman–Crippen LogP) is 4.48. The van der Waals surface area contributed by atoms with Gasteiger partial charge in [-0.2, -0.15) is 0 Å². The third-order valence-corrected chi connectivity index (χ3v) is 21.6. The number of rotatable bonds is 9. The van der Waals surface area contributed by atoms with Crippen molar-refractivity contribution in [2.75, 3.05) is 0 Å². The monoisotopic (exact) mass is 718 g/mol. The van der Waals surface area contributed by atoms with Crippen molar-refractivity contribution in [3.63, 3.8) is 0 Å². The van der Waals surface area contributed by atoms with Crippen molar-refractivity contribution < 1.29 is 0 Å². The molecule has 0 amide bonds. The van der Waals surface area contributed by atoms with Crippen LogP contribution in [0, 0.1) is 0 Å². The summed E-state index contributed by atoms with van der Waals surface area (Å²) in [5.74, 6) is 0. The molecule has 0 spiro atoms. The summed E-state index contributed by atoms with van der Waals surface area (Å²) < 4.78 is 8.88. The molecule has 0 radical (unpaired) electrons. The third-order valence-electron chi connectivity index (χ3n) is 7.80. The van der Waals surface area contributed by atoms with Gasteiger partial charge in [-0.05, 0) is 0 Å². The second kappa shape index (κ2) is 14.5. The molecule has 0 aromatic heterocycles. The van der Waals surface area contributed by atoms with E-state index in [0.29, 0.717) is 0 Å². The molecule has 0 bridgehead atoms. The Morgan fingerprint density at radius 1 is 0.267 bits per heavy atom. The summed E-state index contributed by atoms with van der Waals surface area (Å²) in [6.45, 7) is 0. The van der Waals surface area contributed by atoms with E-state index < -0.39 is 37.2 Å². The van der Waals surface area contributed by atoms with E-state index in [1.165, 1.54) is 42.0 Å². The molecule has 7 rings (SSSR count). The molecule has 216 valence electrons. The van der Waals surface area contributed by atoms with Gasteiger partial charge in [0.05, 0.1) is 0 Å². The Balaban J connectivity index is 1.49. The molecule has 0 aliphatic carbocycles. The van der Waals surface area contributed by atoms with Crippen LogP contribution in [0.25, 0.3) is 0 Å². The van der Waals surface area contributed by atoms with Crippen molar-refractivity contribution in [1.82, 2.24) is 0 Å². The number of hydrogen-bond donors (Lipinski definition) is 0. The van der Waals surface area contributed by atoms with Gasteiger partial charge in [0.2, 0.25) is 0 Å². The van der Waals surface area contributed by atoms with E-state index in [1.807, 2.05) is 0 Å². The molecule has 3 heteroatoms. The minimum atomic E-state index is -1.88. The van der Waals surface area contributed by atoms with E-state index >= 15 is 0 Å². The first-order chi connectivity index (χ1) is 22.4. The SMILES string of the molecule is c1ccc(P(c2ccccc2[As](c2ccccc2)c2ccccc2)c2ccccc2[As](c2ccccc2)c2ccccc2)cc1. The van der Waals surface area contributed by atoms with E-state index in [2.05, 4.69) is 200 Å². The molecule has 0 unspecified atom stereocenters. The average molecular weight is 719 g/mol. The standard InChI is InChI=1S/C42H33As2P/c1-6-20-34(21-7-1)43(35-22-8-2-9-23-35)39-30-16-18-32-41(39)45(38-28-14-5-15-29-38)42-33-19-17-31-40(42)44(36-24-10-3-11-25-36)37-26-12-4-13-27-37/h1-33H. The van der Waals surface area contributed by atoms with Crippen LogP contribution in [0.1, 0.15) is 0 Å². The van der Waals surface area contributed by atoms with Gasteiger partial charge in [0.15, 0.2) is 0 Å². The molecule has 0 saturated heterocycles. The summed E-state index contributed by atoms with van der Waals surface area (Å²) >= 11 is -3.76. The van der Waals surface area contributed by atoms with E-state index in [-0.39, 0.29) is 0 Å². The van der Waals surface area contributed by atoms with Crippen LogP contribution >= 0.6 is 7.92 Å². The molecule has 7 aromatic rings. The Morgan fingerprint density at radius 2 is 0.533 bits per heavy atom. The van der Waals surface area contributed by atoms with Crippen LogP contribution < -0.4 is 42.0 Å². The molecule has 7 aromatic carbocycles. The molecule has 0 N–H and O–H groups in total. The fraction of sp³-hybridized carbons (Fsp3) is 0. The first kappa shape index (κ1) is 29.8. The molecule has 45 heavy (non-hydrogen) atoms. The van der Waals surface area contributed by atoms with Gasteiger partial charge in [-0.15, -0.1) is 0 Å². The molecule has 0 aliphatic heterocycles. The summed E-state index contributed by atoms with van der Waals surface area (Å²) in [6, 6.07) is 74.9. The van der Waals surface area contributed by atoms with E-state index in [4.69, 9.17) is 0 Å². The van der Waals surface area contributed by atoms with Crippen LogP contribution in [0.4, 0.5) is 0 Å². The van der Waals surface area contributed by atoms with Crippen molar-refractivity contribution in [3.8, 4) is 0 Å². The Hall–Kier alpha value is -3.91. The average Bonchev–Trinajstić information content (AvgIpc) is 3.12. The second-order valence-electron chi connectivity index (χ2n) is 10.7. The summed E-state index contributed by atoms with van der Waals surface area (Å²) in [5.41, 5.74) is 0. The molecule has 0 fully saturated rings. The zero-order chi connectivity index (χ0) is 30.3. The normalized spacial score (nSPS) is 11.3. The van der Waals surface area contributed by atoms with Crippen LogP contribution in [-0.4, -0.2) is 29.3 Å². The maximum absolute atomic E-state index is 2.43. The van der Waals surface area contributed by atoms with Crippen LogP contribution in [0.5, 0.6) is 0 Å². The Kier molecular flexibility index (Phi) is 9.57. The van der Waals surface area contributed by atoms with Crippen LogP contribution in [0.2, 0.25) is 0 Å². The van der Waals surface area contributed by atoms with Crippen LogP contribution in [0.15, 0.2) is 200 Å². The summed E-state index contributed by atoms with van der Waals surface area (Å²) in [4.78, 5) is 0. The van der Waals surface area contributed by atoms with Crippen molar-refractivity contribution in [3.05, 3.63) is 200 Å². The number of hydrogen-bond acceptors (Lipinski definition) is 0. The molecule has 0 nitrogen and oxygen atoms in total. The molecule has 0 saturated carbocycles. The van der Waals surface area contributed by atoms with Crippen molar-refractivity contribution in [2.24, 2.45) is 0 Å².